The normalized spacial score (nSPS) is 11.5. The number of anilines is 2. The lowest BCUT2D eigenvalue weighted by Gasteiger charge is -2.05. The van der Waals surface area contributed by atoms with Crippen molar-refractivity contribution in [2.75, 3.05) is 11.5 Å². The van der Waals surface area contributed by atoms with Crippen LogP contribution >= 0.6 is 11.3 Å². The molecule has 0 aliphatic rings. The van der Waals surface area contributed by atoms with E-state index in [9.17, 15) is 4.79 Å². The second kappa shape index (κ2) is 5.10. The summed E-state index contributed by atoms with van der Waals surface area (Å²) >= 11 is 1.72. The van der Waals surface area contributed by atoms with E-state index in [0.29, 0.717) is 12.2 Å². The van der Waals surface area contributed by atoms with Gasteiger partial charge in [-0.05, 0) is 28.8 Å². The zero-order valence-electron chi connectivity index (χ0n) is 12.1. The topological polar surface area (TPSA) is 116 Å². The van der Waals surface area contributed by atoms with Crippen molar-refractivity contribution >= 4 is 44.5 Å². The molecule has 8 heteroatoms. The van der Waals surface area contributed by atoms with Crippen LogP contribution in [0.3, 0.4) is 0 Å². The van der Waals surface area contributed by atoms with Crippen LogP contribution in [0.1, 0.15) is 5.56 Å². The number of hydrogen-bond acceptors (Lipinski definition) is 6. The Bertz CT molecular complexity index is 1080. The molecule has 0 spiro atoms. The number of aryl methyl sites for hydroxylation is 2. The molecule has 7 nitrogen and oxygen atoms in total. The summed E-state index contributed by atoms with van der Waals surface area (Å²) in [5.74, 6) is 0.327. The maximum Gasteiger partial charge on any atom is 0.280 e. The average molecular weight is 326 g/mol. The van der Waals surface area contributed by atoms with Gasteiger partial charge in [-0.15, -0.1) is 11.3 Å². The summed E-state index contributed by atoms with van der Waals surface area (Å²) < 4.78 is 2.98. The Morgan fingerprint density at radius 1 is 1.22 bits per heavy atom. The van der Waals surface area contributed by atoms with E-state index < -0.39 is 0 Å². The van der Waals surface area contributed by atoms with Crippen molar-refractivity contribution in [2.45, 2.75) is 13.0 Å². The molecule has 5 N–H and O–H groups in total. The minimum absolute atomic E-state index is 0.0598. The molecular weight excluding hydrogens is 312 g/mol. The van der Waals surface area contributed by atoms with Gasteiger partial charge in [0.2, 0.25) is 11.9 Å². The number of nitrogens with one attached hydrogen (secondary N) is 1. The summed E-state index contributed by atoms with van der Waals surface area (Å²) in [6.07, 6.45) is 0.772. The molecule has 3 heterocycles. The molecule has 116 valence electrons. The lowest BCUT2D eigenvalue weighted by molar-refractivity contribution is 0.723. The number of fused-ring (bicyclic) bond motifs is 2. The summed E-state index contributed by atoms with van der Waals surface area (Å²) in [6, 6.07) is 8.27. The summed E-state index contributed by atoms with van der Waals surface area (Å²) in [7, 11) is 0. The molecule has 1 aromatic carbocycles. The van der Waals surface area contributed by atoms with Gasteiger partial charge in [-0.25, -0.2) is 4.98 Å². The van der Waals surface area contributed by atoms with Crippen molar-refractivity contribution in [1.82, 2.24) is 19.5 Å². The molecule has 3 aromatic heterocycles. The maximum atomic E-state index is 11.9. The standard InChI is InChI=1S/C15H14N6OS/c16-14-19-12-11(13(22)20-14)18-15(17)21(12)6-5-8-7-23-10-4-2-1-3-9(8)10/h1-4,7H,5-6H2,(H2,17,18)(H3,16,19,20,22). The number of thiophene rings is 1. The van der Waals surface area contributed by atoms with Gasteiger partial charge < -0.3 is 11.5 Å². The van der Waals surface area contributed by atoms with Crippen molar-refractivity contribution in [1.29, 1.82) is 0 Å². The quantitative estimate of drug-likeness (QED) is 0.530. The third-order valence-electron chi connectivity index (χ3n) is 3.82. The SMILES string of the molecule is Nc1nc2c(nc(N)n2CCc2csc3ccccc23)c(=O)[nH]1. The molecule has 0 fully saturated rings. The number of hydrogen-bond donors (Lipinski definition) is 3. The highest BCUT2D eigenvalue weighted by atomic mass is 32.1. The van der Waals surface area contributed by atoms with E-state index in [2.05, 4.69) is 32.5 Å². The Balaban J connectivity index is 1.73. The number of nitrogens with two attached hydrogens (primary N) is 2. The molecule has 0 amide bonds. The van der Waals surface area contributed by atoms with Gasteiger partial charge in [0.25, 0.3) is 5.56 Å². The highest BCUT2D eigenvalue weighted by molar-refractivity contribution is 7.17. The Hall–Kier alpha value is -2.87. The largest absolute Gasteiger partial charge is 0.369 e. The number of nitrogen functional groups attached to an aromatic ring is 2. The predicted molar refractivity (Wildman–Crippen MR) is 92.5 cm³/mol. The van der Waals surface area contributed by atoms with Gasteiger partial charge >= 0.3 is 0 Å². The molecule has 4 aromatic rings. The smallest absolute Gasteiger partial charge is 0.280 e. The first-order chi connectivity index (χ1) is 11.1. The summed E-state index contributed by atoms with van der Waals surface area (Å²) in [4.78, 5) is 22.6. The molecule has 0 radical (unpaired) electrons. The third-order valence-corrected chi connectivity index (χ3v) is 4.83. The predicted octanol–water partition coefficient (Wildman–Crippen LogP) is 1.74. The fourth-order valence-corrected chi connectivity index (χ4v) is 3.72. The average Bonchev–Trinajstić information content (AvgIpc) is 3.07. The first kappa shape index (κ1) is 13.8. The van der Waals surface area contributed by atoms with Crippen LogP contribution < -0.4 is 17.0 Å². The molecule has 0 bridgehead atoms. The van der Waals surface area contributed by atoms with Crippen LogP contribution in [-0.2, 0) is 13.0 Å². The first-order valence-corrected chi connectivity index (χ1v) is 7.98. The van der Waals surface area contributed by atoms with Crippen LogP contribution in [0.5, 0.6) is 0 Å². The van der Waals surface area contributed by atoms with E-state index in [0.717, 1.165) is 6.42 Å². The van der Waals surface area contributed by atoms with Crippen molar-refractivity contribution < 1.29 is 0 Å². The minimum Gasteiger partial charge on any atom is -0.369 e. The number of aromatic nitrogens is 4. The van der Waals surface area contributed by atoms with Crippen molar-refractivity contribution in [3.05, 3.63) is 45.6 Å². The zero-order chi connectivity index (χ0) is 16.0. The molecule has 23 heavy (non-hydrogen) atoms. The fourth-order valence-electron chi connectivity index (χ4n) is 2.72. The lowest BCUT2D eigenvalue weighted by atomic mass is 10.1. The molecule has 0 atom stereocenters. The fraction of sp³-hybridized carbons (Fsp3) is 0.133. The minimum atomic E-state index is -0.376. The van der Waals surface area contributed by atoms with E-state index in [1.54, 1.807) is 15.9 Å². The third kappa shape index (κ3) is 2.23. The zero-order valence-corrected chi connectivity index (χ0v) is 12.9. The van der Waals surface area contributed by atoms with Gasteiger partial charge in [-0.2, -0.15) is 4.98 Å². The molecule has 0 aliphatic heterocycles. The first-order valence-electron chi connectivity index (χ1n) is 7.10. The van der Waals surface area contributed by atoms with Gasteiger partial charge in [0, 0.05) is 11.2 Å². The molecule has 0 saturated heterocycles. The second-order valence-corrected chi connectivity index (χ2v) is 6.16. The molecule has 0 aliphatic carbocycles. The summed E-state index contributed by atoms with van der Waals surface area (Å²) in [5, 5.41) is 3.39. The van der Waals surface area contributed by atoms with Crippen LogP contribution in [0.2, 0.25) is 0 Å². The maximum absolute atomic E-state index is 11.9. The summed E-state index contributed by atoms with van der Waals surface area (Å²) in [6.45, 7) is 0.582. The second-order valence-electron chi connectivity index (χ2n) is 5.25. The van der Waals surface area contributed by atoms with Gasteiger partial charge in [-0.3, -0.25) is 14.3 Å². The Labute approximate surface area is 134 Å². The van der Waals surface area contributed by atoms with E-state index in [4.69, 9.17) is 11.5 Å². The lowest BCUT2D eigenvalue weighted by Crippen LogP contribution is -2.12. The van der Waals surface area contributed by atoms with Crippen molar-refractivity contribution in [3.8, 4) is 0 Å². The number of rotatable bonds is 3. The van der Waals surface area contributed by atoms with Crippen LogP contribution in [0.15, 0.2) is 34.4 Å². The van der Waals surface area contributed by atoms with E-state index in [-0.39, 0.29) is 23.0 Å². The highest BCUT2D eigenvalue weighted by Crippen LogP contribution is 2.26. The van der Waals surface area contributed by atoms with Gasteiger partial charge in [-0.1, -0.05) is 18.2 Å². The number of benzene rings is 1. The molecule has 4 rings (SSSR count). The van der Waals surface area contributed by atoms with Gasteiger partial charge in [0.15, 0.2) is 11.2 Å². The van der Waals surface area contributed by atoms with Crippen LogP contribution in [0, 0.1) is 0 Å². The number of imidazole rings is 1. The van der Waals surface area contributed by atoms with Crippen LogP contribution in [0.4, 0.5) is 11.9 Å². The number of H-pyrrole nitrogens is 1. The van der Waals surface area contributed by atoms with Crippen LogP contribution in [0.25, 0.3) is 21.3 Å². The molecule has 0 unspecified atom stereocenters. The number of aromatic amines is 1. The van der Waals surface area contributed by atoms with Crippen molar-refractivity contribution in [2.24, 2.45) is 0 Å². The summed E-state index contributed by atoms with van der Waals surface area (Å²) in [5.41, 5.74) is 13.1. The number of nitrogens with zero attached hydrogens (tertiary/aromatic N) is 3. The van der Waals surface area contributed by atoms with E-state index in [1.807, 2.05) is 12.1 Å². The van der Waals surface area contributed by atoms with Crippen LogP contribution in [-0.4, -0.2) is 19.5 Å². The van der Waals surface area contributed by atoms with Crippen molar-refractivity contribution in [3.63, 3.8) is 0 Å². The van der Waals surface area contributed by atoms with Gasteiger partial charge in [0.1, 0.15) is 0 Å². The molecular formula is C15H14N6OS. The Morgan fingerprint density at radius 3 is 2.91 bits per heavy atom. The monoisotopic (exact) mass is 326 g/mol. The van der Waals surface area contributed by atoms with E-state index in [1.165, 1.54) is 15.6 Å². The Kier molecular flexibility index (Phi) is 3.05. The highest BCUT2D eigenvalue weighted by Gasteiger charge is 2.14. The molecule has 0 saturated carbocycles. The van der Waals surface area contributed by atoms with Gasteiger partial charge in [0.05, 0.1) is 0 Å². The van der Waals surface area contributed by atoms with E-state index >= 15 is 0 Å². The Morgan fingerprint density at radius 2 is 2.04 bits per heavy atom.